The summed E-state index contributed by atoms with van der Waals surface area (Å²) in [5.74, 6) is 1.51. The lowest BCUT2D eigenvalue weighted by atomic mass is 9.73. The fraction of sp³-hybridized carbons (Fsp3) is 0.636. The molecule has 0 aromatic carbocycles. The van der Waals surface area contributed by atoms with Crippen molar-refractivity contribution >= 4 is 40.4 Å². The zero-order valence-electron chi connectivity index (χ0n) is 27.2. The molecule has 0 bridgehead atoms. The molecule has 3 saturated heterocycles. The molecule has 4 aliphatic rings. The highest BCUT2D eigenvalue weighted by molar-refractivity contribution is 5.90. The zero-order valence-corrected chi connectivity index (χ0v) is 27.2. The summed E-state index contributed by atoms with van der Waals surface area (Å²) in [4.78, 5) is 35.7. The van der Waals surface area contributed by atoms with Crippen LogP contribution in [0.5, 0.6) is 0 Å². The van der Waals surface area contributed by atoms with Crippen LogP contribution in [0.25, 0.3) is 16.0 Å². The van der Waals surface area contributed by atoms with Crippen LogP contribution in [-0.4, -0.2) is 81.4 Å². The van der Waals surface area contributed by atoms with Crippen molar-refractivity contribution in [2.24, 2.45) is 5.41 Å². The molecule has 0 aliphatic carbocycles. The highest BCUT2D eigenvalue weighted by atomic mass is 16.6. The number of ether oxygens (including phenoxy) is 3. The summed E-state index contributed by atoms with van der Waals surface area (Å²) >= 11 is 0. The highest BCUT2D eigenvalue weighted by Crippen LogP contribution is 2.45. The standard InChI is InChI=1S/C33H43N9O4/c1-21-26(37-31(43)46-32(2,3)4)33(20-45-21)13-17-40(18-14-33)30-27(34-5)36-25-28(38-30)42(24-12-6-7-19-44-24)39-29(25)41-16-9-10-22-23(41)11-8-15-35-22/h8,11,15,21,24,26H,6-7,9-10,12-14,16-20H2,1-4H3,(H,37,43)/t21-,24?,26+/m0/s1. The third kappa shape index (κ3) is 5.62. The van der Waals surface area contributed by atoms with Crippen molar-refractivity contribution in [2.45, 2.75) is 96.6 Å². The lowest BCUT2D eigenvalue weighted by Gasteiger charge is -2.43. The number of hydrogen-bond donors (Lipinski definition) is 1. The fourth-order valence-electron chi connectivity index (χ4n) is 7.42. The number of piperidine rings is 1. The van der Waals surface area contributed by atoms with Gasteiger partial charge in [-0.05, 0) is 84.8 Å². The number of amides is 1. The van der Waals surface area contributed by atoms with E-state index < -0.39 is 11.7 Å². The molecule has 3 fully saturated rings. The van der Waals surface area contributed by atoms with Crippen molar-refractivity contribution in [1.29, 1.82) is 0 Å². The van der Waals surface area contributed by atoms with Gasteiger partial charge in [0, 0.05) is 37.9 Å². The van der Waals surface area contributed by atoms with Crippen LogP contribution >= 0.6 is 0 Å². The van der Waals surface area contributed by atoms with E-state index in [1.165, 1.54) is 0 Å². The van der Waals surface area contributed by atoms with Gasteiger partial charge in [-0.15, -0.1) is 10.1 Å². The van der Waals surface area contributed by atoms with Gasteiger partial charge in [-0.1, -0.05) is 6.57 Å². The second kappa shape index (κ2) is 12.0. The smallest absolute Gasteiger partial charge is 0.407 e. The molecule has 3 atom stereocenters. The molecule has 4 aliphatic heterocycles. The van der Waals surface area contributed by atoms with Gasteiger partial charge in [-0.2, -0.15) is 0 Å². The Balaban J connectivity index is 1.21. The van der Waals surface area contributed by atoms with Crippen molar-refractivity contribution in [3.63, 3.8) is 0 Å². The molecule has 13 nitrogen and oxygen atoms in total. The van der Waals surface area contributed by atoms with Gasteiger partial charge < -0.3 is 34.2 Å². The number of anilines is 3. The van der Waals surface area contributed by atoms with E-state index in [1.54, 1.807) is 0 Å². The third-order valence-electron chi connectivity index (χ3n) is 9.71. The van der Waals surface area contributed by atoms with Gasteiger partial charge in [0.15, 0.2) is 12.0 Å². The van der Waals surface area contributed by atoms with Crippen LogP contribution in [0.4, 0.5) is 27.9 Å². The molecule has 7 rings (SSSR count). The first-order valence-electron chi connectivity index (χ1n) is 16.5. The Hall–Kier alpha value is -4.02. The van der Waals surface area contributed by atoms with E-state index in [-0.39, 0.29) is 29.6 Å². The first-order chi connectivity index (χ1) is 22.2. The second-order valence-corrected chi connectivity index (χ2v) is 14.0. The Labute approximate surface area is 269 Å². The quantitative estimate of drug-likeness (QED) is 0.373. The number of carbonyl (C=O) groups is 1. The van der Waals surface area contributed by atoms with E-state index in [0.29, 0.717) is 49.1 Å². The maximum atomic E-state index is 12.8. The molecule has 0 radical (unpaired) electrons. The average molecular weight is 630 g/mol. The van der Waals surface area contributed by atoms with Crippen molar-refractivity contribution < 1.29 is 19.0 Å². The van der Waals surface area contributed by atoms with Crippen molar-refractivity contribution in [3.05, 3.63) is 35.4 Å². The number of fused-ring (bicyclic) bond motifs is 2. The van der Waals surface area contributed by atoms with Gasteiger partial charge >= 0.3 is 11.9 Å². The summed E-state index contributed by atoms with van der Waals surface area (Å²) < 4.78 is 19.8. The molecule has 7 heterocycles. The molecule has 0 saturated carbocycles. The number of aryl methyl sites for hydroxylation is 1. The maximum Gasteiger partial charge on any atom is 0.407 e. The van der Waals surface area contributed by atoms with E-state index >= 15 is 0 Å². The van der Waals surface area contributed by atoms with E-state index in [0.717, 1.165) is 62.9 Å². The van der Waals surface area contributed by atoms with Crippen molar-refractivity contribution in [1.82, 2.24) is 30.0 Å². The zero-order chi connectivity index (χ0) is 32.1. The van der Waals surface area contributed by atoms with Crippen molar-refractivity contribution in [2.75, 3.05) is 42.6 Å². The molecule has 1 unspecified atom stereocenters. The summed E-state index contributed by atoms with van der Waals surface area (Å²) in [6, 6.07) is 3.85. The Morgan fingerprint density at radius 1 is 1.13 bits per heavy atom. The third-order valence-corrected chi connectivity index (χ3v) is 9.71. The lowest BCUT2D eigenvalue weighted by Crippen LogP contribution is -2.55. The van der Waals surface area contributed by atoms with Gasteiger partial charge in [0.1, 0.15) is 5.60 Å². The number of hydrogen-bond acceptors (Lipinski definition) is 10. The number of rotatable bonds is 4. The lowest BCUT2D eigenvalue weighted by molar-refractivity contribution is -0.0368. The molecular weight excluding hydrogens is 586 g/mol. The topological polar surface area (TPSA) is 124 Å². The second-order valence-electron chi connectivity index (χ2n) is 14.0. The van der Waals surface area contributed by atoms with Crippen LogP contribution in [-0.2, 0) is 20.6 Å². The van der Waals surface area contributed by atoms with Crippen molar-refractivity contribution in [3.8, 4) is 0 Å². The van der Waals surface area contributed by atoms with Gasteiger partial charge in [0.25, 0.3) is 0 Å². The molecule has 244 valence electrons. The van der Waals surface area contributed by atoms with Crippen LogP contribution < -0.4 is 15.1 Å². The molecular formula is C33H43N9O4. The normalized spacial score (nSPS) is 24.5. The predicted octanol–water partition coefficient (Wildman–Crippen LogP) is 5.45. The number of nitrogens with one attached hydrogen (secondary N) is 1. The number of pyridine rings is 1. The number of carbonyl (C=O) groups excluding carboxylic acids is 1. The minimum Gasteiger partial charge on any atom is -0.444 e. The Kier molecular flexibility index (Phi) is 7.97. The summed E-state index contributed by atoms with van der Waals surface area (Å²) in [7, 11) is 0. The van der Waals surface area contributed by atoms with Gasteiger partial charge in [0.2, 0.25) is 17.0 Å². The van der Waals surface area contributed by atoms with E-state index in [4.69, 9.17) is 35.8 Å². The Bertz CT molecular complexity index is 1650. The van der Waals surface area contributed by atoms with E-state index in [1.807, 2.05) is 44.6 Å². The van der Waals surface area contributed by atoms with E-state index in [2.05, 4.69) is 31.0 Å². The Morgan fingerprint density at radius 2 is 1.96 bits per heavy atom. The summed E-state index contributed by atoms with van der Waals surface area (Å²) in [6.45, 7) is 19.0. The van der Waals surface area contributed by atoms with Crippen LogP contribution in [0, 0.1) is 12.0 Å². The van der Waals surface area contributed by atoms with Gasteiger partial charge in [-0.25, -0.2) is 14.5 Å². The maximum absolute atomic E-state index is 12.8. The monoisotopic (exact) mass is 629 g/mol. The minimum absolute atomic E-state index is 0.132. The molecule has 13 heteroatoms. The molecule has 3 aromatic rings. The van der Waals surface area contributed by atoms with Gasteiger partial charge in [-0.3, -0.25) is 4.98 Å². The summed E-state index contributed by atoms with van der Waals surface area (Å²) in [5, 5.41) is 8.22. The molecule has 1 N–H and O–H groups in total. The fourth-order valence-corrected chi connectivity index (χ4v) is 7.42. The molecule has 1 amide bonds. The Morgan fingerprint density at radius 3 is 2.70 bits per heavy atom. The van der Waals surface area contributed by atoms with Crippen LogP contribution in [0.15, 0.2) is 18.3 Å². The minimum atomic E-state index is -0.583. The van der Waals surface area contributed by atoms with Gasteiger partial charge in [0.05, 0.1) is 30.1 Å². The molecule has 3 aromatic heterocycles. The SMILES string of the molecule is [C-]#[N+]c1nc2c(N3CCCc4ncccc43)nn(C3CCCCO3)c2nc1N1CCC2(CC1)CO[C@@H](C)[C@H]2NC(=O)OC(C)(C)C. The average Bonchev–Trinajstić information content (AvgIpc) is 3.57. The predicted molar refractivity (Wildman–Crippen MR) is 172 cm³/mol. The summed E-state index contributed by atoms with van der Waals surface area (Å²) in [6.07, 6.45) is 7.32. The first kappa shape index (κ1) is 30.6. The van der Waals surface area contributed by atoms with Crippen LogP contribution in [0.2, 0.25) is 0 Å². The molecule has 1 spiro atoms. The van der Waals surface area contributed by atoms with Crippen LogP contribution in [0.1, 0.15) is 78.1 Å². The number of aromatic nitrogens is 5. The highest BCUT2D eigenvalue weighted by Gasteiger charge is 2.51. The first-order valence-corrected chi connectivity index (χ1v) is 16.5. The van der Waals surface area contributed by atoms with E-state index in [9.17, 15) is 4.79 Å². The molecule has 46 heavy (non-hydrogen) atoms. The number of nitrogens with zero attached hydrogens (tertiary/aromatic N) is 8. The number of alkyl carbamates (subject to hydrolysis) is 1. The van der Waals surface area contributed by atoms with Crippen LogP contribution in [0.3, 0.4) is 0 Å². The largest absolute Gasteiger partial charge is 0.444 e. The summed E-state index contributed by atoms with van der Waals surface area (Å²) in [5.41, 5.74) is 2.47.